The number of carbonyl (C=O) groups is 1. The molecule has 138 valence electrons. The van der Waals surface area contributed by atoms with Crippen LogP contribution in [0.1, 0.15) is 33.9 Å². The minimum atomic E-state index is -0.775. The number of nitrogens with one attached hydrogen (secondary N) is 1. The SMILES string of the molecule is O=C(NC[C@H](O)c1ccc2ccccc2c1)c1cccc(C2OCCO2)c1. The molecule has 4 rings (SSSR count). The van der Waals surface area contributed by atoms with Crippen LogP contribution in [0.3, 0.4) is 0 Å². The van der Waals surface area contributed by atoms with Gasteiger partial charge in [-0.05, 0) is 34.5 Å². The molecule has 2 N–H and O–H groups in total. The second kappa shape index (κ2) is 7.88. The van der Waals surface area contributed by atoms with Gasteiger partial charge in [0.1, 0.15) is 0 Å². The van der Waals surface area contributed by atoms with Gasteiger partial charge in [0.15, 0.2) is 6.29 Å². The normalized spacial score (nSPS) is 15.7. The van der Waals surface area contributed by atoms with Crippen LogP contribution < -0.4 is 5.32 Å². The number of carbonyl (C=O) groups excluding carboxylic acids is 1. The van der Waals surface area contributed by atoms with Crippen molar-refractivity contribution in [2.75, 3.05) is 19.8 Å². The van der Waals surface area contributed by atoms with Gasteiger partial charge in [-0.25, -0.2) is 0 Å². The average Bonchev–Trinajstić information content (AvgIpc) is 3.26. The zero-order valence-electron chi connectivity index (χ0n) is 14.8. The Labute approximate surface area is 157 Å². The first-order valence-electron chi connectivity index (χ1n) is 8.99. The monoisotopic (exact) mass is 363 g/mol. The van der Waals surface area contributed by atoms with Crippen molar-refractivity contribution in [1.82, 2.24) is 5.32 Å². The van der Waals surface area contributed by atoms with Gasteiger partial charge < -0.3 is 19.9 Å². The predicted octanol–water partition coefficient (Wildman–Crippen LogP) is 3.35. The maximum atomic E-state index is 12.5. The van der Waals surface area contributed by atoms with E-state index in [0.717, 1.165) is 21.9 Å². The Kier molecular flexibility index (Phi) is 5.16. The summed E-state index contributed by atoms with van der Waals surface area (Å²) < 4.78 is 10.9. The first-order valence-corrected chi connectivity index (χ1v) is 8.99. The number of hydrogen-bond acceptors (Lipinski definition) is 4. The fraction of sp³-hybridized carbons (Fsp3) is 0.227. The van der Waals surface area contributed by atoms with Gasteiger partial charge in [-0.3, -0.25) is 4.79 Å². The second-order valence-electron chi connectivity index (χ2n) is 6.53. The lowest BCUT2D eigenvalue weighted by molar-refractivity contribution is -0.0441. The van der Waals surface area contributed by atoms with Crippen LogP contribution in [0.25, 0.3) is 10.8 Å². The third-order valence-electron chi connectivity index (χ3n) is 4.66. The van der Waals surface area contributed by atoms with Crippen LogP contribution in [0, 0.1) is 0 Å². The lowest BCUT2D eigenvalue weighted by atomic mass is 10.0. The minimum absolute atomic E-state index is 0.137. The molecule has 0 spiro atoms. The number of fused-ring (bicyclic) bond motifs is 1. The van der Waals surface area contributed by atoms with Crippen molar-refractivity contribution >= 4 is 16.7 Å². The van der Waals surface area contributed by atoms with Crippen LogP contribution in [0.4, 0.5) is 0 Å². The summed E-state index contributed by atoms with van der Waals surface area (Å²) >= 11 is 0. The summed E-state index contributed by atoms with van der Waals surface area (Å²) in [6.45, 7) is 1.25. The van der Waals surface area contributed by atoms with Crippen LogP contribution in [0.5, 0.6) is 0 Å². The molecule has 27 heavy (non-hydrogen) atoms. The number of rotatable bonds is 5. The van der Waals surface area contributed by atoms with E-state index in [4.69, 9.17) is 9.47 Å². The van der Waals surface area contributed by atoms with Crippen LogP contribution >= 0.6 is 0 Å². The van der Waals surface area contributed by atoms with E-state index in [2.05, 4.69) is 5.32 Å². The van der Waals surface area contributed by atoms with Crippen LogP contribution in [-0.4, -0.2) is 30.8 Å². The molecule has 0 saturated carbocycles. The highest BCUT2D eigenvalue weighted by molar-refractivity contribution is 5.94. The predicted molar refractivity (Wildman–Crippen MR) is 102 cm³/mol. The van der Waals surface area contributed by atoms with Crippen molar-refractivity contribution in [3.05, 3.63) is 83.4 Å². The van der Waals surface area contributed by atoms with Gasteiger partial charge >= 0.3 is 0 Å². The van der Waals surface area contributed by atoms with E-state index in [-0.39, 0.29) is 12.5 Å². The summed E-state index contributed by atoms with van der Waals surface area (Å²) in [6.07, 6.45) is -1.19. The minimum Gasteiger partial charge on any atom is -0.387 e. The van der Waals surface area contributed by atoms with E-state index in [9.17, 15) is 9.90 Å². The van der Waals surface area contributed by atoms with E-state index < -0.39 is 12.4 Å². The molecule has 0 bridgehead atoms. The molecule has 5 heteroatoms. The van der Waals surface area contributed by atoms with E-state index in [0.29, 0.717) is 18.8 Å². The van der Waals surface area contributed by atoms with Gasteiger partial charge in [0.25, 0.3) is 5.91 Å². The molecule has 0 aliphatic carbocycles. The molecule has 5 nitrogen and oxygen atoms in total. The van der Waals surface area contributed by atoms with Gasteiger partial charge in [-0.15, -0.1) is 0 Å². The van der Waals surface area contributed by atoms with Gasteiger partial charge in [-0.1, -0.05) is 48.5 Å². The fourth-order valence-corrected chi connectivity index (χ4v) is 3.20. The Bertz CT molecular complexity index is 950. The Balaban J connectivity index is 1.41. The summed E-state index contributed by atoms with van der Waals surface area (Å²) in [7, 11) is 0. The molecule has 1 fully saturated rings. The maximum Gasteiger partial charge on any atom is 0.251 e. The van der Waals surface area contributed by atoms with Gasteiger partial charge in [0.2, 0.25) is 0 Å². The first kappa shape index (κ1) is 17.7. The number of ether oxygens (including phenoxy) is 2. The summed E-state index contributed by atoms with van der Waals surface area (Å²) in [5.41, 5.74) is 2.10. The summed E-state index contributed by atoms with van der Waals surface area (Å²) in [6, 6.07) is 20.9. The van der Waals surface area contributed by atoms with Crippen molar-refractivity contribution in [3.8, 4) is 0 Å². The van der Waals surface area contributed by atoms with Crippen molar-refractivity contribution in [2.24, 2.45) is 0 Å². The maximum absolute atomic E-state index is 12.5. The molecule has 3 aromatic rings. The smallest absolute Gasteiger partial charge is 0.251 e. The second-order valence-corrected chi connectivity index (χ2v) is 6.53. The van der Waals surface area contributed by atoms with Gasteiger partial charge in [-0.2, -0.15) is 0 Å². The van der Waals surface area contributed by atoms with Gasteiger partial charge in [0.05, 0.1) is 19.3 Å². The lowest BCUT2D eigenvalue weighted by Crippen LogP contribution is -2.28. The average molecular weight is 363 g/mol. The summed E-state index contributed by atoms with van der Waals surface area (Å²) in [4.78, 5) is 12.5. The molecule has 3 aromatic carbocycles. The van der Waals surface area contributed by atoms with Crippen molar-refractivity contribution in [3.63, 3.8) is 0 Å². The molecule has 1 heterocycles. The third kappa shape index (κ3) is 4.01. The van der Waals surface area contributed by atoms with Crippen LogP contribution in [0.15, 0.2) is 66.7 Å². The highest BCUT2D eigenvalue weighted by Gasteiger charge is 2.19. The van der Waals surface area contributed by atoms with Crippen molar-refractivity contribution in [1.29, 1.82) is 0 Å². The van der Waals surface area contributed by atoms with Crippen LogP contribution in [-0.2, 0) is 9.47 Å². The Morgan fingerprint density at radius 3 is 2.59 bits per heavy atom. The van der Waals surface area contributed by atoms with E-state index in [1.165, 1.54) is 0 Å². The number of aliphatic hydroxyl groups excluding tert-OH is 1. The lowest BCUT2D eigenvalue weighted by Gasteiger charge is -2.14. The zero-order valence-corrected chi connectivity index (χ0v) is 14.8. The standard InChI is InChI=1S/C22H21NO4/c24-20(17-9-8-15-4-1-2-5-16(15)12-17)14-23-21(25)18-6-3-7-19(13-18)22-26-10-11-27-22/h1-9,12-13,20,22,24H,10-11,14H2,(H,23,25)/t20-/m0/s1. The number of aliphatic hydroxyl groups is 1. The van der Waals surface area contributed by atoms with Crippen molar-refractivity contribution < 1.29 is 19.4 Å². The number of amides is 1. The summed E-state index contributed by atoms with van der Waals surface area (Å²) in [5, 5.41) is 15.4. The van der Waals surface area contributed by atoms with Crippen molar-refractivity contribution in [2.45, 2.75) is 12.4 Å². The molecule has 1 atom stereocenters. The topological polar surface area (TPSA) is 67.8 Å². The molecule has 0 aromatic heterocycles. The third-order valence-corrected chi connectivity index (χ3v) is 4.66. The molecule has 1 amide bonds. The molecular weight excluding hydrogens is 342 g/mol. The molecule has 0 unspecified atom stereocenters. The molecule has 1 aliphatic rings. The summed E-state index contributed by atoms with van der Waals surface area (Å²) in [5.74, 6) is -0.241. The van der Waals surface area contributed by atoms with E-state index in [1.54, 1.807) is 18.2 Å². The Hall–Kier alpha value is -2.73. The Morgan fingerprint density at radius 1 is 1.00 bits per heavy atom. The molecule has 1 aliphatic heterocycles. The first-order chi connectivity index (χ1) is 13.2. The molecule has 0 radical (unpaired) electrons. The van der Waals surface area contributed by atoms with Gasteiger partial charge in [0, 0.05) is 17.7 Å². The number of hydrogen-bond donors (Lipinski definition) is 2. The molecule has 1 saturated heterocycles. The highest BCUT2D eigenvalue weighted by Crippen LogP contribution is 2.24. The largest absolute Gasteiger partial charge is 0.387 e. The van der Waals surface area contributed by atoms with E-state index >= 15 is 0 Å². The number of benzene rings is 3. The molecular formula is C22H21NO4. The Morgan fingerprint density at radius 2 is 1.78 bits per heavy atom. The van der Waals surface area contributed by atoms with Crippen LogP contribution in [0.2, 0.25) is 0 Å². The highest BCUT2D eigenvalue weighted by atomic mass is 16.7. The fourth-order valence-electron chi connectivity index (χ4n) is 3.20. The van der Waals surface area contributed by atoms with E-state index in [1.807, 2.05) is 48.5 Å². The quantitative estimate of drug-likeness (QED) is 0.729. The zero-order chi connectivity index (χ0) is 18.6.